The lowest BCUT2D eigenvalue weighted by atomic mass is 9.82. The first-order valence-corrected chi connectivity index (χ1v) is 6.99. The van der Waals surface area contributed by atoms with Crippen LogP contribution < -0.4 is 5.32 Å². The minimum Gasteiger partial charge on any atom is -0.393 e. The molecule has 0 unspecified atom stereocenters. The Hall–Kier alpha value is -0.980. The van der Waals surface area contributed by atoms with Gasteiger partial charge in [0.15, 0.2) is 5.13 Å². The molecule has 6 heteroatoms. The molecule has 1 saturated carbocycles. The van der Waals surface area contributed by atoms with Crippen molar-refractivity contribution in [1.82, 2.24) is 9.88 Å². The molecule has 5 nitrogen and oxygen atoms in total. The van der Waals surface area contributed by atoms with E-state index in [1.807, 2.05) is 24.3 Å². The molecule has 0 aliphatic heterocycles. The van der Waals surface area contributed by atoms with Crippen LogP contribution in [0.2, 0.25) is 0 Å². The largest absolute Gasteiger partial charge is 0.393 e. The van der Waals surface area contributed by atoms with Gasteiger partial charge in [0.05, 0.1) is 18.3 Å². The zero-order valence-electron chi connectivity index (χ0n) is 10.7. The highest BCUT2D eigenvalue weighted by molar-refractivity contribution is 7.13. The van der Waals surface area contributed by atoms with Crippen LogP contribution in [0.15, 0.2) is 5.38 Å². The summed E-state index contributed by atoms with van der Waals surface area (Å²) in [6.45, 7) is 3.13. The van der Waals surface area contributed by atoms with Gasteiger partial charge in [-0.3, -0.25) is 9.69 Å². The van der Waals surface area contributed by atoms with Gasteiger partial charge in [-0.1, -0.05) is 0 Å². The molecule has 0 spiro atoms. The predicted molar refractivity (Wildman–Crippen MR) is 71.7 cm³/mol. The van der Waals surface area contributed by atoms with Gasteiger partial charge in [0, 0.05) is 11.9 Å². The van der Waals surface area contributed by atoms with Crippen molar-refractivity contribution < 1.29 is 9.90 Å². The molecule has 18 heavy (non-hydrogen) atoms. The minimum absolute atomic E-state index is 0.0354. The quantitative estimate of drug-likeness (QED) is 0.840. The van der Waals surface area contributed by atoms with Crippen LogP contribution in [0.4, 0.5) is 5.13 Å². The molecule has 1 aliphatic rings. The van der Waals surface area contributed by atoms with Crippen LogP contribution in [0.3, 0.4) is 0 Å². The van der Waals surface area contributed by atoms with Crippen LogP contribution in [-0.4, -0.2) is 47.1 Å². The third-order valence-corrected chi connectivity index (χ3v) is 3.94. The summed E-state index contributed by atoms with van der Waals surface area (Å²) < 4.78 is 0. The lowest BCUT2D eigenvalue weighted by molar-refractivity contribution is -0.117. The number of rotatable bonds is 5. The fourth-order valence-corrected chi connectivity index (χ4v) is 2.87. The van der Waals surface area contributed by atoms with Gasteiger partial charge in [-0.2, -0.15) is 0 Å². The first kappa shape index (κ1) is 13.5. The van der Waals surface area contributed by atoms with Crippen molar-refractivity contribution in [3.05, 3.63) is 11.1 Å². The van der Waals surface area contributed by atoms with E-state index in [0.717, 1.165) is 25.1 Å². The summed E-state index contributed by atoms with van der Waals surface area (Å²) in [5.74, 6) is 0.492. The first-order valence-electron chi connectivity index (χ1n) is 6.11. The Morgan fingerprint density at radius 2 is 2.39 bits per heavy atom. The summed E-state index contributed by atoms with van der Waals surface area (Å²) in [5, 5.41) is 14.6. The molecular weight excluding hydrogens is 250 g/mol. The molecule has 2 N–H and O–H groups in total. The molecule has 0 aromatic carbocycles. The maximum Gasteiger partial charge on any atom is 0.240 e. The smallest absolute Gasteiger partial charge is 0.240 e. The zero-order chi connectivity index (χ0) is 13.1. The lowest BCUT2D eigenvalue weighted by Gasteiger charge is -2.34. The topological polar surface area (TPSA) is 65.5 Å². The summed E-state index contributed by atoms with van der Waals surface area (Å²) in [4.78, 5) is 17.9. The van der Waals surface area contributed by atoms with Gasteiger partial charge in [0.25, 0.3) is 0 Å². The van der Waals surface area contributed by atoms with Gasteiger partial charge in [0.2, 0.25) is 5.91 Å². The Labute approximate surface area is 111 Å². The number of hydrogen-bond acceptors (Lipinski definition) is 5. The van der Waals surface area contributed by atoms with Crippen LogP contribution in [0.25, 0.3) is 0 Å². The number of thiazole rings is 1. The second-order valence-corrected chi connectivity index (χ2v) is 5.89. The number of carbonyl (C=O) groups is 1. The maximum atomic E-state index is 11.7. The minimum atomic E-state index is -0.129. The van der Waals surface area contributed by atoms with E-state index >= 15 is 0 Å². The lowest BCUT2D eigenvalue weighted by Crippen LogP contribution is -2.39. The number of amides is 1. The third-order valence-electron chi connectivity index (χ3n) is 3.06. The van der Waals surface area contributed by atoms with Crippen LogP contribution in [-0.2, 0) is 4.79 Å². The Kier molecular flexibility index (Phi) is 4.31. The number of nitrogens with one attached hydrogen (secondary N) is 1. The molecule has 100 valence electrons. The Balaban J connectivity index is 1.70. The SMILES string of the molecule is Cc1csc(NC(=O)CN(C)CC2CC(O)C2)n1. The average Bonchev–Trinajstić information content (AvgIpc) is 2.61. The van der Waals surface area contributed by atoms with E-state index < -0.39 is 0 Å². The van der Waals surface area contributed by atoms with Crippen LogP contribution in [0.5, 0.6) is 0 Å². The van der Waals surface area contributed by atoms with E-state index in [2.05, 4.69) is 10.3 Å². The van der Waals surface area contributed by atoms with E-state index in [9.17, 15) is 9.90 Å². The summed E-state index contributed by atoms with van der Waals surface area (Å²) in [6, 6.07) is 0. The third kappa shape index (κ3) is 3.76. The number of nitrogens with zero attached hydrogens (tertiary/aromatic N) is 2. The average molecular weight is 269 g/mol. The monoisotopic (exact) mass is 269 g/mol. The van der Waals surface area contributed by atoms with Crippen molar-refractivity contribution in [1.29, 1.82) is 0 Å². The van der Waals surface area contributed by atoms with Gasteiger partial charge in [-0.25, -0.2) is 4.98 Å². The standard InChI is InChI=1S/C12H19N3O2S/c1-8-7-18-12(13-8)14-11(17)6-15(2)5-9-3-10(16)4-9/h7,9-10,16H,3-6H2,1-2H3,(H,13,14,17). The molecule has 1 aliphatic carbocycles. The van der Waals surface area contributed by atoms with Crippen molar-refractivity contribution in [3.63, 3.8) is 0 Å². The Bertz CT molecular complexity index is 415. The van der Waals surface area contributed by atoms with E-state index in [4.69, 9.17) is 0 Å². The molecule has 1 amide bonds. The van der Waals surface area contributed by atoms with Crippen LogP contribution in [0, 0.1) is 12.8 Å². The van der Waals surface area contributed by atoms with Gasteiger partial charge in [-0.05, 0) is 32.7 Å². The van der Waals surface area contributed by atoms with Crippen molar-refractivity contribution in [3.8, 4) is 0 Å². The predicted octanol–water partition coefficient (Wildman–Crippen LogP) is 1.09. The van der Waals surface area contributed by atoms with Crippen LogP contribution >= 0.6 is 11.3 Å². The van der Waals surface area contributed by atoms with E-state index in [0.29, 0.717) is 17.6 Å². The molecule has 1 heterocycles. The van der Waals surface area contributed by atoms with Crippen molar-refractivity contribution in [2.24, 2.45) is 5.92 Å². The normalized spacial score (nSPS) is 22.9. The fraction of sp³-hybridized carbons (Fsp3) is 0.667. The molecule has 1 aromatic heterocycles. The van der Waals surface area contributed by atoms with Gasteiger partial charge >= 0.3 is 0 Å². The number of hydrogen-bond donors (Lipinski definition) is 2. The second kappa shape index (κ2) is 5.77. The number of aromatic nitrogens is 1. The first-order chi connectivity index (χ1) is 8.52. The number of aliphatic hydroxyl groups excluding tert-OH is 1. The molecule has 1 fully saturated rings. The molecular formula is C12H19N3O2S. The van der Waals surface area contributed by atoms with Gasteiger partial charge in [0.1, 0.15) is 0 Å². The highest BCUT2D eigenvalue weighted by Crippen LogP contribution is 2.27. The van der Waals surface area contributed by atoms with Crippen molar-refractivity contribution in [2.75, 3.05) is 25.5 Å². The van der Waals surface area contributed by atoms with Gasteiger partial charge in [-0.15, -0.1) is 11.3 Å². The van der Waals surface area contributed by atoms with E-state index in [1.165, 1.54) is 11.3 Å². The number of likely N-dealkylation sites (N-methyl/N-ethyl adjacent to an activating group) is 1. The molecule has 0 bridgehead atoms. The highest BCUT2D eigenvalue weighted by Gasteiger charge is 2.28. The number of aryl methyl sites for hydroxylation is 1. The summed E-state index contributed by atoms with van der Waals surface area (Å²) in [6.07, 6.45) is 1.59. The number of carbonyl (C=O) groups excluding carboxylic acids is 1. The summed E-state index contributed by atoms with van der Waals surface area (Å²) >= 11 is 1.44. The number of anilines is 1. The molecule has 0 saturated heterocycles. The molecule has 1 aromatic rings. The zero-order valence-corrected chi connectivity index (χ0v) is 11.5. The van der Waals surface area contributed by atoms with E-state index in [1.54, 1.807) is 0 Å². The molecule has 0 radical (unpaired) electrons. The maximum absolute atomic E-state index is 11.7. The fourth-order valence-electron chi connectivity index (χ4n) is 2.17. The highest BCUT2D eigenvalue weighted by atomic mass is 32.1. The molecule has 2 rings (SSSR count). The molecule has 0 atom stereocenters. The van der Waals surface area contributed by atoms with Crippen molar-refractivity contribution in [2.45, 2.75) is 25.9 Å². The Morgan fingerprint density at radius 3 is 2.94 bits per heavy atom. The summed E-state index contributed by atoms with van der Waals surface area (Å²) in [5.41, 5.74) is 0.923. The van der Waals surface area contributed by atoms with Crippen molar-refractivity contribution >= 4 is 22.4 Å². The van der Waals surface area contributed by atoms with Crippen LogP contribution in [0.1, 0.15) is 18.5 Å². The second-order valence-electron chi connectivity index (χ2n) is 5.03. The van der Waals surface area contributed by atoms with Gasteiger partial charge < -0.3 is 10.4 Å². The Morgan fingerprint density at radius 1 is 1.67 bits per heavy atom. The number of aliphatic hydroxyl groups is 1. The summed E-state index contributed by atoms with van der Waals surface area (Å²) in [7, 11) is 1.93. The van der Waals surface area contributed by atoms with E-state index in [-0.39, 0.29) is 12.0 Å².